The van der Waals surface area contributed by atoms with E-state index in [4.69, 9.17) is 5.73 Å². The smallest absolute Gasteiger partial charge is 0.223 e. The van der Waals surface area contributed by atoms with Gasteiger partial charge in [0, 0.05) is 25.0 Å². The Hall–Kier alpha value is -1.89. The second kappa shape index (κ2) is 6.33. The number of nitrogens with two attached hydrogens (primary N) is 1. The molecule has 0 saturated carbocycles. The Balaban J connectivity index is 2.15. The number of hydrogen-bond acceptors (Lipinski definition) is 7. The molecule has 2 rings (SSSR count). The van der Waals surface area contributed by atoms with Crippen molar-refractivity contribution < 1.29 is 0 Å². The number of nitrogens with zero attached hydrogens (tertiary/aromatic N) is 4. The summed E-state index contributed by atoms with van der Waals surface area (Å²) in [5.74, 6) is 0.972. The fraction of sp³-hybridized carbons (Fsp3) is 0.333. The number of nitrogen functional groups attached to an aromatic ring is 1. The van der Waals surface area contributed by atoms with Crippen LogP contribution in [0.3, 0.4) is 0 Å². The molecule has 19 heavy (non-hydrogen) atoms. The predicted molar refractivity (Wildman–Crippen MR) is 76.1 cm³/mol. The van der Waals surface area contributed by atoms with E-state index in [2.05, 4.69) is 32.2 Å². The fourth-order valence-electron chi connectivity index (χ4n) is 1.37. The van der Waals surface area contributed by atoms with Crippen molar-refractivity contribution in [3.8, 4) is 0 Å². The number of aryl methyl sites for hydroxylation is 1. The molecule has 0 amide bonds. The maximum atomic E-state index is 5.69. The van der Waals surface area contributed by atoms with Crippen molar-refractivity contribution in [1.82, 2.24) is 19.9 Å². The van der Waals surface area contributed by atoms with Gasteiger partial charge in [0.2, 0.25) is 5.95 Å². The van der Waals surface area contributed by atoms with Crippen LogP contribution in [0.1, 0.15) is 18.9 Å². The summed E-state index contributed by atoms with van der Waals surface area (Å²) in [6.07, 6.45) is 4.57. The molecule has 2 aromatic rings. The first kappa shape index (κ1) is 13.5. The van der Waals surface area contributed by atoms with Gasteiger partial charge in [-0.15, -0.1) is 0 Å². The SMILES string of the molecule is CCCNc1cc(Sc2ncc(C)cn2)nc(N)n1. The van der Waals surface area contributed by atoms with Crippen molar-refractivity contribution in [2.75, 3.05) is 17.6 Å². The topological polar surface area (TPSA) is 89.6 Å². The van der Waals surface area contributed by atoms with Crippen molar-refractivity contribution in [1.29, 1.82) is 0 Å². The molecule has 100 valence electrons. The third kappa shape index (κ3) is 4.06. The lowest BCUT2D eigenvalue weighted by atomic mass is 10.4. The molecule has 0 aliphatic carbocycles. The maximum Gasteiger partial charge on any atom is 0.223 e. The van der Waals surface area contributed by atoms with Crippen LogP contribution in [0.4, 0.5) is 11.8 Å². The van der Waals surface area contributed by atoms with Crippen LogP contribution in [0.5, 0.6) is 0 Å². The van der Waals surface area contributed by atoms with Crippen molar-refractivity contribution in [2.24, 2.45) is 0 Å². The summed E-state index contributed by atoms with van der Waals surface area (Å²) in [7, 11) is 0. The number of rotatable bonds is 5. The molecule has 0 bridgehead atoms. The van der Waals surface area contributed by atoms with E-state index in [0.29, 0.717) is 5.16 Å². The maximum absolute atomic E-state index is 5.69. The van der Waals surface area contributed by atoms with E-state index in [9.17, 15) is 0 Å². The van der Waals surface area contributed by atoms with Gasteiger partial charge in [-0.25, -0.2) is 15.0 Å². The Morgan fingerprint density at radius 3 is 2.68 bits per heavy atom. The standard InChI is InChI=1S/C12H16N6S/c1-3-4-14-9-5-10(18-11(13)17-9)19-12-15-6-8(2)7-16-12/h5-7H,3-4H2,1-2H3,(H3,13,14,17,18). The van der Waals surface area contributed by atoms with Gasteiger partial charge in [0.25, 0.3) is 0 Å². The van der Waals surface area contributed by atoms with Gasteiger partial charge in [-0.1, -0.05) is 6.92 Å². The molecule has 0 fully saturated rings. The summed E-state index contributed by atoms with van der Waals surface area (Å²) in [5.41, 5.74) is 6.72. The Morgan fingerprint density at radius 1 is 1.26 bits per heavy atom. The van der Waals surface area contributed by atoms with Crippen LogP contribution in [0, 0.1) is 6.92 Å². The molecule has 0 radical (unpaired) electrons. The number of hydrogen-bond donors (Lipinski definition) is 2. The van der Waals surface area contributed by atoms with Gasteiger partial charge < -0.3 is 11.1 Å². The first-order chi connectivity index (χ1) is 9.17. The van der Waals surface area contributed by atoms with E-state index in [-0.39, 0.29) is 5.95 Å². The van der Waals surface area contributed by atoms with E-state index in [0.717, 1.165) is 29.4 Å². The Labute approximate surface area is 116 Å². The van der Waals surface area contributed by atoms with Crippen molar-refractivity contribution >= 4 is 23.5 Å². The molecule has 2 heterocycles. The van der Waals surface area contributed by atoms with E-state index in [1.54, 1.807) is 12.4 Å². The van der Waals surface area contributed by atoms with E-state index < -0.39 is 0 Å². The number of anilines is 2. The third-order valence-electron chi connectivity index (χ3n) is 2.23. The highest BCUT2D eigenvalue weighted by Gasteiger charge is 2.06. The minimum Gasteiger partial charge on any atom is -0.370 e. The molecule has 6 nitrogen and oxygen atoms in total. The van der Waals surface area contributed by atoms with Gasteiger partial charge in [-0.05, 0) is 30.7 Å². The normalized spacial score (nSPS) is 10.4. The lowest BCUT2D eigenvalue weighted by Gasteiger charge is -2.06. The first-order valence-corrected chi connectivity index (χ1v) is 6.84. The molecule has 2 aromatic heterocycles. The highest BCUT2D eigenvalue weighted by atomic mass is 32.2. The zero-order chi connectivity index (χ0) is 13.7. The highest BCUT2D eigenvalue weighted by molar-refractivity contribution is 7.99. The van der Waals surface area contributed by atoms with Crippen LogP contribution >= 0.6 is 11.8 Å². The average Bonchev–Trinajstić information content (AvgIpc) is 2.38. The summed E-state index contributed by atoms with van der Waals surface area (Å²) in [4.78, 5) is 16.7. The van der Waals surface area contributed by atoms with Gasteiger partial charge in [0.15, 0.2) is 5.16 Å². The Morgan fingerprint density at radius 2 is 2.00 bits per heavy atom. The minimum absolute atomic E-state index is 0.246. The predicted octanol–water partition coefficient (Wildman–Crippen LogP) is 2.13. The second-order valence-electron chi connectivity index (χ2n) is 4.02. The van der Waals surface area contributed by atoms with Crippen molar-refractivity contribution in [3.63, 3.8) is 0 Å². The largest absolute Gasteiger partial charge is 0.370 e. The fourth-order valence-corrected chi connectivity index (χ4v) is 2.07. The minimum atomic E-state index is 0.246. The van der Waals surface area contributed by atoms with E-state index in [1.165, 1.54) is 11.8 Å². The summed E-state index contributed by atoms with van der Waals surface area (Å²) < 4.78 is 0. The lowest BCUT2D eigenvalue weighted by Crippen LogP contribution is -2.05. The van der Waals surface area contributed by atoms with Crippen LogP contribution in [-0.2, 0) is 0 Å². The van der Waals surface area contributed by atoms with Crippen LogP contribution in [0.15, 0.2) is 28.6 Å². The van der Waals surface area contributed by atoms with Crippen LogP contribution in [-0.4, -0.2) is 26.5 Å². The van der Waals surface area contributed by atoms with Gasteiger partial charge >= 0.3 is 0 Å². The Bertz CT molecular complexity index is 542. The molecule has 3 N–H and O–H groups in total. The molecular formula is C12H16N6S. The summed E-state index contributed by atoms with van der Waals surface area (Å²) in [6, 6.07) is 1.85. The Kier molecular flexibility index (Phi) is 4.51. The first-order valence-electron chi connectivity index (χ1n) is 6.02. The average molecular weight is 276 g/mol. The van der Waals surface area contributed by atoms with Gasteiger partial charge in [0.1, 0.15) is 10.8 Å². The van der Waals surface area contributed by atoms with E-state index >= 15 is 0 Å². The van der Waals surface area contributed by atoms with Crippen LogP contribution in [0.2, 0.25) is 0 Å². The lowest BCUT2D eigenvalue weighted by molar-refractivity contribution is 0.937. The number of nitrogens with one attached hydrogen (secondary N) is 1. The summed E-state index contributed by atoms with van der Waals surface area (Å²) in [6.45, 7) is 4.89. The van der Waals surface area contributed by atoms with Crippen LogP contribution < -0.4 is 11.1 Å². The second-order valence-corrected chi connectivity index (χ2v) is 5.01. The van der Waals surface area contributed by atoms with Crippen molar-refractivity contribution in [3.05, 3.63) is 24.0 Å². The molecule has 0 aliphatic heterocycles. The molecule has 0 spiro atoms. The highest BCUT2D eigenvalue weighted by Crippen LogP contribution is 2.24. The van der Waals surface area contributed by atoms with Crippen molar-refractivity contribution in [2.45, 2.75) is 30.5 Å². The summed E-state index contributed by atoms with van der Waals surface area (Å²) in [5, 5.41) is 4.56. The molecule has 0 atom stereocenters. The molecule has 0 unspecified atom stereocenters. The van der Waals surface area contributed by atoms with Gasteiger partial charge in [0.05, 0.1) is 0 Å². The molecule has 0 saturated heterocycles. The molecule has 0 aromatic carbocycles. The van der Waals surface area contributed by atoms with Gasteiger partial charge in [-0.3, -0.25) is 0 Å². The van der Waals surface area contributed by atoms with E-state index in [1.807, 2.05) is 13.0 Å². The summed E-state index contributed by atoms with van der Waals surface area (Å²) >= 11 is 1.36. The molecule has 0 aliphatic rings. The molecule has 7 heteroatoms. The zero-order valence-electron chi connectivity index (χ0n) is 10.9. The van der Waals surface area contributed by atoms with Gasteiger partial charge in [-0.2, -0.15) is 4.98 Å². The number of aromatic nitrogens is 4. The monoisotopic (exact) mass is 276 g/mol. The van der Waals surface area contributed by atoms with Crippen LogP contribution in [0.25, 0.3) is 0 Å². The zero-order valence-corrected chi connectivity index (χ0v) is 11.7. The third-order valence-corrected chi connectivity index (χ3v) is 3.04. The molecular weight excluding hydrogens is 260 g/mol. The quantitative estimate of drug-likeness (QED) is 0.638.